The van der Waals surface area contributed by atoms with Crippen LogP contribution in [0.15, 0.2) is 121 Å². The van der Waals surface area contributed by atoms with Gasteiger partial charge in [-0.15, -0.1) is 0 Å². The molecule has 1 aliphatic rings. The van der Waals surface area contributed by atoms with Gasteiger partial charge in [0.1, 0.15) is 24.4 Å². The van der Waals surface area contributed by atoms with Gasteiger partial charge in [0.05, 0.1) is 33.0 Å². The lowest BCUT2D eigenvalue weighted by Gasteiger charge is -2.46. The molecule has 286 valence electrons. The molecule has 10 heteroatoms. The molecule has 0 unspecified atom stereocenters. The lowest BCUT2D eigenvalue weighted by molar-refractivity contribution is -0.328. The molecule has 5 rings (SSSR count). The van der Waals surface area contributed by atoms with E-state index >= 15 is 0 Å². The van der Waals surface area contributed by atoms with Gasteiger partial charge >= 0.3 is 8.80 Å². The van der Waals surface area contributed by atoms with Crippen LogP contribution in [-0.4, -0.2) is 72.5 Å². The Morgan fingerprint density at radius 1 is 0.491 bits per heavy atom. The molecule has 0 aromatic heterocycles. The Morgan fingerprint density at radius 2 is 0.906 bits per heavy atom. The summed E-state index contributed by atoms with van der Waals surface area (Å²) in [4.78, 5) is 0. The van der Waals surface area contributed by atoms with E-state index in [0.717, 1.165) is 22.3 Å². The highest BCUT2D eigenvalue weighted by molar-refractivity contribution is 6.60. The second kappa shape index (κ2) is 22.8. The molecular formula is C43H56O9Si. The summed E-state index contributed by atoms with van der Waals surface area (Å²) >= 11 is 0. The fourth-order valence-electron chi connectivity index (χ4n) is 6.37. The van der Waals surface area contributed by atoms with Crippen LogP contribution in [0.2, 0.25) is 6.04 Å². The monoisotopic (exact) mass is 744 g/mol. The molecule has 0 N–H and O–H groups in total. The predicted molar refractivity (Wildman–Crippen MR) is 206 cm³/mol. The first-order valence-electron chi connectivity index (χ1n) is 18.9. The summed E-state index contributed by atoms with van der Waals surface area (Å²) in [6.45, 7) is 9.58. The Bertz CT molecular complexity index is 1500. The van der Waals surface area contributed by atoms with E-state index in [4.69, 9.17) is 41.7 Å². The third kappa shape index (κ3) is 13.2. The van der Waals surface area contributed by atoms with E-state index in [9.17, 15) is 0 Å². The van der Waals surface area contributed by atoms with Crippen LogP contribution in [0.5, 0.6) is 0 Å². The Balaban J connectivity index is 1.41. The first-order valence-corrected chi connectivity index (χ1v) is 20.8. The largest absolute Gasteiger partial charge is 0.501 e. The molecule has 4 aromatic rings. The lowest BCUT2D eigenvalue weighted by Crippen LogP contribution is -2.61. The zero-order chi connectivity index (χ0) is 37.0. The smallest absolute Gasteiger partial charge is 0.374 e. The standard InChI is InChI=1S/C43H56O9Si/c1-4-49-53(50-5-2,51-6-3)29-19-28-45-43-42(48-33-38-26-17-10-18-27-38)41(47-32-37-24-15-9-16-25-37)40(46-31-36-22-13-8-14-23-36)39(52-43)34-44-30-35-20-11-7-12-21-35/h7-18,20-27,39-43H,4-6,19,28-34H2,1-3H3/t39-,40-,41+,42-,43+/m1/s1. The second-order valence-corrected chi connectivity index (χ2v) is 15.5. The van der Waals surface area contributed by atoms with E-state index < -0.39 is 39.5 Å². The van der Waals surface area contributed by atoms with Crippen LogP contribution in [0.25, 0.3) is 0 Å². The maximum absolute atomic E-state index is 6.83. The quantitative estimate of drug-likeness (QED) is 0.0522. The first kappa shape index (κ1) is 40.9. The lowest BCUT2D eigenvalue weighted by atomic mass is 9.97. The fourth-order valence-corrected chi connectivity index (χ4v) is 8.95. The van der Waals surface area contributed by atoms with E-state index in [1.54, 1.807) is 0 Å². The molecule has 0 saturated carbocycles. The van der Waals surface area contributed by atoms with E-state index in [0.29, 0.717) is 65.3 Å². The van der Waals surface area contributed by atoms with Gasteiger partial charge in [-0.25, -0.2) is 0 Å². The number of ether oxygens (including phenoxy) is 6. The normalized spacial score (nSPS) is 20.4. The molecule has 5 atom stereocenters. The third-order valence-electron chi connectivity index (χ3n) is 8.84. The molecular weight excluding hydrogens is 689 g/mol. The van der Waals surface area contributed by atoms with Crippen molar-refractivity contribution in [3.8, 4) is 0 Å². The van der Waals surface area contributed by atoms with Crippen molar-refractivity contribution in [1.82, 2.24) is 0 Å². The molecule has 0 spiro atoms. The van der Waals surface area contributed by atoms with Gasteiger partial charge in [0, 0.05) is 32.5 Å². The molecule has 1 heterocycles. The third-order valence-corrected chi connectivity index (χ3v) is 12.0. The summed E-state index contributed by atoms with van der Waals surface area (Å²) in [5.41, 5.74) is 4.19. The summed E-state index contributed by atoms with van der Waals surface area (Å²) in [5, 5.41) is 0. The van der Waals surface area contributed by atoms with Crippen LogP contribution in [0.1, 0.15) is 49.4 Å². The Morgan fingerprint density at radius 3 is 1.36 bits per heavy atom. The summed E-state index contributed by atoms with van der Waals surface area (Å²) in [6, 6.07) is 41.1. The van der Waals surface area contributed by atoms with Crippen molar-refractivity contribution in [3.05, 3.63) is 144 Å². The first-order chi connectivity index (χ1) is 26.1. The average molecular weight is 745 g/mol. The fraction of sp³-hybridized carbons (Fsp3) is 0.442. The second-order valence-electron chi connectivity index (χ2n) is 12.8. The van der Waals surface area contributed by atoms with E-state index in [-0.39, 0.29) is 6.61 Å². The molecule has 53 heavy (non-hydrogen) atoms. The minimum absolute atomic E-state index is 0.264. The van der Waals surface area contributed by atoms with Crippen LogP contribution in [0.4, 0.5) is 0 Å². The van der Waals surface area contributed by atoms with Gasteiger partial charge in [-0.3, -0.25) is 0 Å². The maximum atomic E-state index is 6.83. The van der Waals surface area contributed by atoms with Crippen molar-refractivity contribution in [1.29, 1.82) is 0 Å². The molecule has 0 amide bonds. The van der Waals surface area contributed by atoms with Gasteiger partial charge in [-0.2, -0.15) is 0 Å². The Kier molecular flexibility index (Phi) is 17.6. The van der Waals surface area contributed by atoms with E-state index in [2.05, 4.69) is 24.3 Å². The minimum Gasteiger partial charge on any atom is -0.374 e. The molecule has 4 aromatic carbocycles. The van der Waals surface area contributed by atoms with E-state index in [1.165, 1.54) is 0 Å². The van der Waals surface area contributed by atoms with Gasteiger partial charge < -0.3 is 41.7 Å². The highest BCUT2D eigenvalue weighted by Crippen LogP contribution is 2.32. The average Bonchev–Trinajstić information content (AvgIpc) is 3.19. The molecule has 1 aliphatic heterocycles. The number of hydrogen-bond acceptors (Lipinski definition) is 9. The number of benzene rings is 4. The zero-order valence-electron chi connectivity index (χ0n) is 31.4. The van der Waals surface area contributed by atoms with Crippen LogP contribution in [-0.2, 0) is 68.1 Å². The molecule has 9 nitrogen and oxygen atoms in total. The summed E-state index contributed by atoms with van der Waals surface area (Å²) in [6.07, 6.45) is -2.37. The van der Waals surface area contributed by atoms with Crippen LogP contribution < -0.4 is 0 Å². The molecule has 1 fully saturated rings. The molecule has 0 bridgehead atoms. The Labute approximate surface area is 316 Å². The van der Waals surface area contributed by atoms with Gasteiger partial charge in [-0.05, 0) is 49.4 Å². The zero-order valence-corrected chi connectivity index (χ0v) is 32.4. The maximum Gasteiger partial charge on any atom is 0.501 e. The van der Waals surface area contributed by atoms with Crippen LogP contribution in [0.3, 0.4) is 0 Å². The van der Waals surface area contributed by atoms with Crippen molar-refractivity contribution in [2.24, 2.45) is 0 Å². The molecule has 1 saturated heterocycles. The van der Waals surface area contributed by atoms with Crippen molar-refractivity contribution in [3.63, 3.8) is 0 Å². The number of hydrogen-bond donors (Lipinski definition) is 0. The highest BCUT2D eigenvalue weighted by Gasteiger charge is 2.49. The highest BCUT2D eigenvalue weighted by atomic mass is 28.4. The van der Waals surface area contributed by atoms with Gasteiger partial charge in [0.25, 0.3) is 0 Å². The van der Waals surface area contributed by atoms with Gasteiger partial charge in [0.15, 0.2) is 6.29 Å². The van der Waals surface area contributed by atoms with Crippen molar-refractivity contribution in [2.45, 2.75) is 90.4 Å². The minimum atomic E-state index is -2.86. The number of rotatable bonds is 24. The summed E-state index contributed by atoms with van der Waals surface area (Å²) in [7, 11) is -2.86. The van der Waals surface area contributed by atoms with Crippen molar-refractivity contribution in [2.75, 3.05) is 33.0 Å². The Hall–Kier alpha value is -3.26. The van der Waals surface area contributed by atoms with Crippen LogP contribution >= 0.6 is 0 Å². The van der Waals surface area contributed by atoms with Gasteiger partial charge in [0.2, 0.25) is 0 Å². The van der Waals surface area contributed by atoms with E-state index in [1.807, 2.05) is 118 Å². The van der Waals surface area contributed by atoms with Crippen molar-refractivity contribution < 1.29 is 41.7 Å². The van der Waals surface area contributed by atoms with Crippen LogP contribution in [0, 0.1) is 0 Å². The SMILES string of the molecule is CCO[Si](CCCO[C@H]1O[C@H](COCc2ccccc2)[C@@H](OCc2ccccc2)[C@H](OCc2ccccc2)[C@H]1OCc1ccccc1)(OCC)OCC. The molecule has 0 aliphatic carbocycles. The summed E-state index contributed by atoms with van der Waals surface area (Å²) in [5.74, 6) is 0. The van der Waals surface area contributed by atoms with Crippen molar-refractivity contribution >= 4 is 8.80 Å². The van der Waals surface area contributed by atoms with Gasteiger partial charge in [-0.1, -0.05) is 121 Å². The summed E-state index contributed by atoms with van der Waals surface area (Å²) < 4.78 is 58.4. The molecule has 0 radical (unpaired) electrons. The predicted octanol–water partition coefficient (Wildman–Crippen LogP) is 8.14. The topological polar surface area (TPSA) is 83.1 Å².